The van der Waals surface area contributed by atoms with E-state index in [1.807, 2.05) is 22.7 Å². The summed E-state index contributed by atoms with van der Waals surface area (Å²) >= 11 is 3.79. The van der Waals surface area contributed by atoms with Gasteiger partial charge >= 0.3 is 0 Å². The maximum atomic E-state index is 2.44. The van der Waals surface area contributed by atoms with Crippen LogP contribution in [0.15, 0.2) is 315 Å². The van der Waals surface area contributed by atoms with Crippen molar-refractivity contribution >= 4 is 108 Å². The zero-order valence-electron chi connectivity index (χ0n) is 51.7. The molecule has 2 aliphatic carbocycles. The Morgan fingerprint density at radius 1 is 0.239 bits per heavy atom. The molecule has 2 aromatic heterocycles. The fraction of sp³-hybridized carbons (Fsp3) is 0.0682. The molecule has 4 heteroatoms. The zero-order chi connectivity index (χ0) is 61.7. The van der Waals surface area contributed by atoms with Gasteiger partial charge in [-0.1, -0.05) is 240 Å². The van der Waals surface area contributed by atoms with Crippen molar-refractivity contribution in [1.29, 1.82) is 0 Å². The molecule has 0 saturated heterocycles. The largest absolute Gasteiger partial charge is 0.310 e. The molecule has 2 aliphatic rings. The molecule has 14 aromatic carbocycles. The highest BCUT2D eigenvalue weighted by Crippen LogP contribution is 2.57. The maximum Gasteiger partial charge on any atom is 0.0465 e. The molecule has 0 radical (unpaired) electrons. The Morgan fingerprint density at radius 3 is 1.04 bits per heavy atom. The molecule has 0 atom stereocenters. The van der Waals surface area contributed by atoms with E-state index in [2.05, 4.69) is 353 Å². The molecule has 18 rings (SSSR count). The van der Waals surface area contributed by atoms with Crippen molar-refractivity contribution in [3.8, 4) is 55.6 Å². The van der Waals surface area contributed by atoms with Gasteiger partial charge in [0.25, 0.3) is 0 Å². The lowest BCUT2D eigenvalue weighted by Gasteiger charge is -2.28. The Kier molecular flexibility index (Phi) is 13.3. The fourth-order valence-electron chi connectivity index (χ4n) is 14.8. The molecule has 438 valence electrons. The first-order valence-corrected chi connectivity index (χ1v) is 33.5. The van der Waals surface area contributed by atoms with Crippen LogP contribution in [-0.4, -0.2) is 0 Å². The summed E-state index contributed by atoms with van der Waals surface area (Å²) in [7, 11) is 0. The van der Waals surface area contributed by atoms with Gasteiger partial charge in [-0.2, -0.15) is 0 Å². The number of fused-ring (bicyclic) bond motifs is 15. The average molecular weight is 1210 g/mol. The van der Waals surface area contributed by atoms with E-state index in [9.17, 15) is 0 Å². The Balaban J connectivity index is 0.000000141. The lowest BCUT2D eigenvalue weighted by atomic mass is 9.82. The van der Waals surface area contributed by atoms with Crippen molar-refractivity contribution in [2.75, 3.05) is 9.80 Å². The number of nitrogens with zero attached hydrogens (tertiary/aromatic N) is 2. The van der Waals surface area contributed by atoms with Crippen molar-refractivity contribution in [2.24, 2.45) is 0 Å². The van der Waals surface area contributed by atoms with E-state index in [0.29, 0.717) is 0 Å². The van der Waals surface area contributed by atoms with Crippen LogP contribution in [0.5, 0.6) is 0 Å². The van der Waals surface area contributed by atoms with Crippen LogP contribution in [-0.2, 0) is 10.8 Å². The molecule has 2 nitrogen and oxygen atoms in total. The fourth-order valence-corrected chi connectivity index (χ4v) is 17.1. The summed E-state index contributed by atoms with van der Waals surface area (Å²) in [5, 5.41) is 8.04. The molecule has 0 aliphatic heterocycles. The molecule has 0 amide bonds. The molecule has 0 N–H and O–H groups in total. The topological polar surface area (TPSA) is 6.48 Å². The quantitative estimate of drug-likeness (QED) is 0.142. The van der Waals surface area contributed by atoms with Crippen LogP contribution < -0.4 is 9.80 Å². The Morgan fingerprint density at radius 2 is 0.587 bits per heavy atom. The van der Waals surface area contributed by atoms with Crippen molar-refractivity contribution in [1.82, 2.24) is 0 Å². The minimum Gasteiger partial charge on any atom is -0.310 e. The Labute approximate surface area is 545 Å². The monoisotopic (exact) mass is 1210 g/mol. The molecular formula is C88H64N2S2. The summed E-state index contributed by atoms with van der Waals surface area (Å²) in [6.07, 6.45) is 0. The molecule has 2 heterocycles. The van der Waals surface area contributed by atoms with Crippen molar-refractivity contribution < 1.29 is 0 Å². The van der Waals surface area contributed by atoms with Crippen LogP contribution in [0, 0.1) is 0 Å². The van der Waals surface area contributed by atoms with Gasteiger partial charge in [0.05, 0.1) is 0 Å². The smallest absolute Gasteiger partial charge is 0.0465 e. The van der Waals surface area contributed by atoms with Gasteiger partial charge in [-0.3, -0.25) is 0 Å². The van der Waals surface area contributed by atoms with Crippen molar-refractivity contribution in [3.63, 3.8) is 0 Å². The first-order chi connectivity index (χ1) is 45.1. The summed E-state index contributed by atoms with van der Waals surface area (Å²) in [6, 6.07) is 116. The van der Waals surface area contributed by atoms with Gasteiger partial charge in [0, 0.05) is 85.3 Å². The standard InChI is InChI=1S/C45H33NS.C43H31NS/c1-45(2)39-27-28-42-44(38-15-9-10-16-41(38)47-42)43(39)37-26-25-36(29-40(37)45)46(34-21-17-32(18-22-34)30-11-5-3-6-12-30)35-23-19-33(20-24-35)31-13-7-4-8-14-31;1-43(2)37-24-25-40-42(36-14-8-9-15-39(36)45-40)41(37)35-23-22-34(27-38(35)43)44(32-12-4-3-5-13-32)33-20-18-29(19-21-33)31-17-16-28-10-6-7-11-30(28)26-31/h3-29H,1-2H3;3-27H,1-2H3. The van der Waals surface area contributed by atoms with Crippen LogP contribution in [0.25, 0.3) is 107 Å². The van der Waals surface area contributed by atoms with E-state index < -0.39 is 0 Å². The van der Waals surface area contributed by atoms with E-state index in [-0.39, 0.29) is 10.8 Å². The van der Waals surface area contributed by atoms with E-state index in [1.165, 1.54) is 135 Å². The second-order valence-electron chi connectivity index (χ2n) is 25.6. The SMILES string of the molecule is CC1(C)c2cc(N(c3ccc(-c4ccccc4)cc3)c3ccc(-c4ccccc4)cc3)ccc2-c2c1ccc1sc3ccccc3c21.CC1(C)c2cc(N(c3ccccc3)c3ccc(-c4ccc5ccccc5c4)cc3)ccc2-c2c1ccc1sc3ccccc3c21. The second-order valence-corrected chi connectivity index (χ2v) is 27.7. The van der Waals surface area contributed by atoms with Crippen LogP contribution >= 0.6 is 22.7 Å². The van der Waals surface area contributed by atoms with Crippen LogP contribution in [0.4, 0.5) is 34.1 Å². The van der Waals surface area contributed by atoms with Gasteiger partial charge in [0.2, 0.25) is 0 Å². The van der Waals surface area contributed by atoms with E-state index in [1.54, 1.807) is 0 Å². The first kappa shape index (κ1) is 55.4. The van der Waals surface area contributed by atoms with Gasteiger partial charge in [-0.15, -0.1) is 22.7 Å². The van der Waals surface area contributed by atoms with Gasteiger partial charge in [-0.25, -0.2) is 0 Å². The summed E-state index contributed by atoms with van der Waals surface area (Å²) in [6.45, 7) is 9.53. The summed E-state index contributed by atoms with van der Waals surface area (Å²) in [5.41, 5.74) is 25.1. The number of para-hydroxylation sites is 1. The van der Waals surface area contributed by atoms with Gasteiger partial charge < -0.3 is 9.80 Å². The van der Waals surface area contributed by atoms with Crippen LogP contribution in [0.3, 0.4) is 0 Å². The van der Waals surface area contributed by atoms with Gasteiger partial charge in [-0.05, 0) is 192 Å². The highest BCUT2D eigenvalue weighted by molar-refractivity contribution is 7.26. The predicted molar refractivity (Wildman–Crippen MR) is 397 cm³/mol. The highest BCUT2D eigenvalue weighted by Gasteiger charge is 2.39. The third-order valence-corrected chi connectivity index (χ3v) is 21.8. The number of thiophene rings is 2. The molecular weight excluding hydrogens is 1150 g/mol. The number of anilines is 6. The number of hydrogen-bond donors (Lipinski definition) is 0. The number of rotatable bonds is 9. The van der Waals surface area contributed by atoms with Crippen LogP contribution in [0.1, 0.15) is 49.9 Å². The summed E-state index contributed by atoms with van der Waals surface area (Å²) in [4.78, 5) is 4.79. The molecule has 16 aromatic rings. The van der Waals surface area contributed by atoms with E-state index >= 15 is 0 Å². The number of hydrogen-bond acceptors (Lipinski definition) is 4. The normalized spacial score (nSPS) is 13.2. The minimum absolute atomic E-state index is 0.111. The Hall–Kier alpha value is -10.6. The molecule has 92 heavy (non-hydrogen) atoms. The van der Waals surface area contributed by atoms with Gasteiger partial charge in [0.15, 0.2) is 0 Å². The third-order valence-electron chi connectivity index (χ3n) is 19.5. The van der Waals surface area contributed by atoms with E-state index in [4.69, 9.17) is 0 Å². The van der Waals surface area contributed by atoms with E-state index in [0.717, 1.165) is 28.4 Å². The maximum absolute atomic E-state index is 2.44. The second kappa shape index (κ2) is 22.1. The van der Waals surface area contributed by atoms with Crippen molar-refractivity contribution in [2.45, 2.75) is 38.5 Å². The highest BCUT2D eigenvalue weighted by atomic mass is 32.1. The Bertz CT molecular complexity index is 5410. The lowest BCUT2D eigenvalue weighted by molar-refractivity contribution is 0.661. The molecule has 0 spiro atoms. The first-order valence-electron chi connectivity index (χ1n) is 31.9. The predicted octanol–water partition coefficient (Wildman–Crippen LogP) is 25.8. The molecule has 0 bridgehead atoms. The number of benzene rings is 14. The van der Waals surface area contributed by atoms with Crippen LogP contribution in [0.2, 0.25) is 0 Å². The summed E-state index contributed by atoms with van der Waals surface area (Å²) < 4.78 is 5.42. The average Bonchev–Trinajstić information content (AvgIpc) is 1.56. The molecule has 0 fully saturated rings. The van der Waals surface area contributed by atoms with Crippen molar-refractivity contribution in [3.05, 3.63) is 338 Å². The van der Waals surface area contributed by atoms with Gasteiger partial charge in [0.1, 0.15) is 0 Å². The summed E-state index contributed by atoms with van der Waals surface area (Å²) in [5.74, 6) is 0. The molecule has 0 saturated carbocycles. The minimum atomic E-state index is -0.127. The zero-order valence-corrected chi connectivity index (χ0v) is 53.4. The lowest BCUT2D eigenvalue weighted by Crippen LogP contribution is -2.16. The molecule has 0 unspecified atom stereocenters. The third kappa shape index (κ3) is 9.27.